The zero-order chi connectivity index (χ0) is 22.0. The van der Waals surface area contributed by atoms with Gasteiger partial charge in [-0.05, 0) is 86.2 Å². The van der Waals surface area contributed by atoms with Gasteiger partial charge in [-0.2, -0.15) is 0 Å². The van der Waals surface area contributed by atoms with Crippen LogP contribution in [0.3, 0.4) is 0 Å². The molecule has 0 bridgehead atoms. The van der Waals surface area contributed by atoms with E-state index in [1.54, 1.807) is 24.3 Å². The van der Waals surface area contributed by atoms with Gasteiger partial charge in [0.05, 0.1) is 0 Å². The highest BCUT2D eigenvalue weighted by atomic mass is 31.1. The van der Waals surface area contributed by atoms with Crippen LogP contribution in [0.25, 0.3) is 0 Å². The average Bonchev–Trinajstić information content (AvgIpc) is 2.73. The van der Waals surface area contributed by atoms with Gasteiger partial charge in [-0.3, -0.25) is 0 Å². The number of anilines is 1. The van der Waals surface area contributed by atoms with E-state index in [1.165, 1.54) is 23.3 Å². The highest BCUT2D eigenvalue weighted by Gasteiger charge is 2.23. The number of nitrogens with one attached hydrogen (secondary N) is 1. The number of hydrogen-bond acceptors (Lipinski definition) is 1. The second-order valence-electron chi connectivity index (χ2n) is 8.12. The van der Waals surface area contributed by atoms with E-state index in [4.69, 9.17) is 0 Å². The minimum atomic E-state index is -1.15. The van der Waals surface area contributed by atoms with Crippen molar-refractivity contribution in [1.29, 1.82) is 0 Å². The van der Waals surface area contributed by atoms with Gasteiger partial charge in [-0.1, -0.05) is 55.5 Å². The summed E-state index contributed by atoms with van der Waals surface area (Å²) in [7, 11) is -1.15. The molecule has 3 aromatic rings. The molecule has 0 saturated carbocycles. The molecular formula is C27H26F2NP. The van der Waals surface area contributed by atoms with Crippen molar-refractivity contribution in [2.75, 3.05) is 5.32 Å². The maximum atomic E-state index is 14.5. The first-order valence-electron chi connectivity index (χ1n) is 10.5. The Morgan fingerprint density at radius 3 is 2.26 bits per heavy atom. The Labute approximate surface area is 184 Å². The average molecular weight is 433 g/mol. The molecule has 0 fully saturated rings. The molecular weight excluding hydrogens is 407 g/mol. The van der Waals surface area contributed by atoms with E-state index in [-0.39, 0.29) is 11.6 Å². The van der Waals surface area contributed by atoms with Gasteiger partial charge in [0.25, 0.3) is 0 Å². The second kappa shape index (κ2) is 9.16. The van der Waals surface area contributed by atoms with E-state index in [9.17, 15) is 8.78 Å². The van der Waals surface area contributed by atoms with Crippen molar-refractivity contribution in [3.63, 3.8) is 0 Å². The Bertz CT molecular complexity index is 1150. The molecule has 0 saturated heterocycles. The van der Waals surface area contributed by atoms with Crippen molar-refractivity contribution in [3.05, 3.63) is 107 Å². The number of halogens is 2. The molecule has 0 spiro atoms. The van der Waals surface area contributed by atoms with E-state index in [0.29, 0.717) is 5.92 Å². The lowest BCUT2D eigenvalue weighted by molar-refractivity contribution is 0.629. The monoisotopic (exact) mass is 433 g/mol. The molecule has 1 N–H and O–H groups in total. The molecule has 0 amide bonds. The van der Waals surface area contributed by atoms with Crippen molar-refractivity contribution in [2.24, 2.45) is 5.92 Å². The fourth-order valence-electron chi connectivity index (χ4n) is 4.25. The molecule has 1 nitrogen and oxygen atoms in total. The van der Waals surface area contributed by atoms with Gasteiger partial charge in [0.1, 0.15) is 11.6 Å². The number of hydrogen-bond donors (Lipinski definition) is 1. The van der Waals surface area contributed by atoms with Crippen molar-refractivity contribution in [2.45, 2.75) is 27.2 Å². The predicted molar refractivity (Wildman–Crippen MR) is 129 cm³/mol. The Morgan fingerprint density at radius 1 is 0.839 bits per heavy atom. The Balaban J connectivity index is 1.86. The fourth-order valence-corrected chi connectivity index (χ4v) is 6.68. The summed E-state index contributed by atoms with van der Waals surface area (Å²) in [5.41, 5.74) is 4.43. The third kappa shape index (κ3) is 4.78. The Kier molecular flexibility index (Phi) is 6.34. The number of benzene rings is 3. The minimum Gasteiger partial charge on any atom is -0.355 e. The summed E-state index contributed by atoms with van der Waals surface area (Å²) in [6.07, 6.45) is 3.26. The first-order valence-corrected chi connectivity index (χ1v) is 11.8. The maximum absolute atomic E-state index is 14.5. The van der Waals surface area contributed by atoms with E-state index in [2.05, 4.69) is 32.2 Å². The fraction of sp³-hybridized carbons (Fsp3) is 0.185. The van der Waals surface area contributed by atoms with Crippen LogP contribution in [0.15, 0.2) is 95.7 Å². The quantitative estimate of drug-likeness (QED) is 0.460. The van der Waals surface area contributed by atoms with Gasteiger partial charge in [-0.15, -0.1) is 0 Å². The maximum Gasteiger partial charge on any atom is 0.124 e. The van der Waals surface area contributed by atoms with Crippen LogP contribution in [-0.2, 0) is 0 Å². The van der Waals surface area contributed by atoms with Crippen molar-refractivity contribution >= 4 is 29.5 Å². The van der Waals surface area contributed by atoms with Crippen molar-refractivity contribution < 1.29 is 8.78 Å². The van der Waals surface area contributed by atoms with Crippen LogP contribution in [0.5, 0.6) is 0 Å². The van der Waals surface area contributed by atoms with Crippen LogP contribution in [-0.4, -0.2) is 0 Å². The van der Waals surface area contributed by atoms with Crippen molar-refractivity contribution in [3.8, 4) is 0 Å². The largest absolute Gasteiger partial charge is 0.355 e. The molecule has 0 aromatic heterocycles. The summed E-state index contributed by atoms with van der Waals surface area (Å²) in [6.45, 7) is 6.47. The molecule has 1 aliphatic rings. The first kappa shape index (κ1) is 21.5. The lowest BCUT2D eigenvalue weighted by Gasteiger charge is -2.27. The molecule has 0 aliphatic heterocycles. The number of allylic oxidation sites excluding steroid dienone is 3. The molecule has 31 heavy (non-hydrogen) atoms. The van der Waals surface area contributed by atoms with Gasteiger partial charge < -0.3 is 5.32 Å². The van der Waals surface area contributed by atoms with Gasteiger partial charge >= 0.3 is 0 Å². The first-order chi connectivity index (χ1) is 14.9. The summed E-state index contributed by atoms with van der Waals surface area (Å²) in [4.78, 5) is 0. The Morgan fingerprint density at radius 2 is 1.55 bits per heavy atom. The van der Waals surface area contributed by atoms with Gasteiger partial charge in [-0.25, -0.2) is 8.78 Å². The zero-order valence-corrected chi connectivity index (χ0v) is 18.9. The third-order valence-corrected chi connectivity index (χ3v) is 7.99. The highest BCUT2D eigenvalue weighted by molar-refractivity contribution is 7.80. The van der Waals surface area contributed by atoms with Gasteiger partial charge in [0.2, 0.25) is 0 Å². The normalized spacial score (nSPS) is 17.3. The third-order valence-electron chi connectivity index (χ3n) is 5.52. The Hall–Kier alpha value is -2.77. The molecule has 3 aromatic carbocycles. The number of rotatable bonds is 5. The lowest BCUT2D eigenvalue weighted by atomic mass is 9.90. The van der Waals surface area contributed by atoms with E-state index in [0.717, 1.165) is 33.7 Å². The zero-order valence-electron chi connectivity index (χ0n) is 18.0. The topological polar surface area (TPSA) is 12.0 Å². The van der Waals surface area contributed by atoms with Gasteiger partial charge in [0.15, 0.2) is 0 Å². The van der Waals surface area contributed by atoms with E-state index in [1.807, 2.05) is 36.4 Å². The van der Waals surface area contributed by atoms with E-state index < -0.39 is 7.92 Å². The summed E-state index contributed by atoms with van der Waals surface area (Å²) in [5.74, 6) is -0.0759. The van der Waals surface area contributed by atoms with Crippen LogP contribution < -0.4 is 21.2 Å². The van der Waals surface area contributed by atoms with Crippen LogP contribution in [0.2, 0.25) is 0 Å². The summed E-state index contributed by atoms with van der Waals surface area (Å²) in [6, 6.07) is 21.5. The second-order valence-corrected chi connectivity index (χ2v) is 10.3. The molecule has 0 heterocycles. The van der Waals surface area contributed by atoms with Crippen LogP contribution >= 0.6 is 7.92 Å². The van der Waals surface area contributed by atoms with Crippen LogP contribution in [0.4, 0.5) is 14.5 Å². The van der Waals surface area contributed by atoms with E-state index >= 15 is 0 Å². The lowest BCUT2D eigenvalue weighted by Crippen LogP contribution is -2.24. The summed E-state index contributed by atoms with van der Waals surface area (Å²) >= 11 is 0. The molecule has 4 heteroatoms. The smallest absolute Gasteiger partial charge is 0.124 e. The van der Waals surface area contributed by atoms with Gasteiger partial charge in [0, 0.05) is 16.7 Å². The van der Waals surface area contributed by atoms with Crippen LogP contribution in [0, 0.1) is 17.6 Å². The summed E-state index contributed by atoms with van der Waals surface area (Å²) in [5, 5.41) is 6.34. The SMILES string of the molecule is CC1=CC(C)CC(C)=C1Nc1ccc(F)cc1P(c1ccccc1)c1cccc(F)c1. The molecule has 2 unspecified atom stereocenters. The predicted octanol–water partition coefficient (Wildman–Crippen LogP) is 6.40. The van der Waals surface area contributed by atoms with Crippen molar-refractivity contribution in [1.82, 2.24) is 0 Å². The van der Waals surface area contributed by atoms with Crippen LogP contribution in [0.1, 0.15) is 27.2 Å². The summed E-state index contributed by atoms with van der Waals surface area (Å²) < 4.78 is 28.6. The molecule has 2 atom stereocenters. The highest BCUT2D eigenvalue weighted by Crippen LogP contribution is 2.38. The molecule has 0 radical (unpaired) electrons. The minimum absolute atomic E-state index is 0.287. The molecule has 158 valence electrons. The standard InChI is InChI=1S/C27H26F2NP/c1-18-14-19(2)27(20(3)15-18)30-25-13-12-22(29)17-26(25)31(23-9-5-4-6-10-23)24-11-7-8-21(28)16-24/h4-14,16-18,30H,15H2,1-3H3. The molecule has 1 aliphatic carbocycles. The molecule has 4 rings (SSSR count).